The van der Waals surface area contributed by atoms with Crippen LogP contribution in [0.3, 0.4) is 0 Å². The number of benzene rings is 2. The molecule has 0 atom stereocenters. The minimum absolute atomic E-state index is 0.0988. The fraction of sp³-hybridized carbons (Fsp3) is 0.375. The van der Waals surface area contributed by atoms with Gasteiger partial charge in [-0.1, -0.05) is 61.0 Å². The number of halogens is 1. The van der Waals surface area contributed by atoms with E-state index >= 15 is 0 Å². The Kier molecular flexibility index (Phi) is 10.8. The number of unbranched alkanes of at least 4 members (excludes halogenated alkanes) is 5. The number of rotatable bonds is 12. The second kappa shape index (κ2) is 13.6. The van der Waals surface area contributed by atoms with Crippen molar-refractivity contribution in [3.05, 3.63) is 58.1 Å². The summed E-state index contributed by atoms with van der Waals surface area (Å²) in [5, 5.41) is 4.00. The molecule has 1 N–H and O–H groups in total. The first-order valence-corrected chi connectivity index (χ1v) is 11.3. The maximum atomic E-state index is 12.4. The fourth-order valence-corrected chi connectivity index (χ4v) is 3.32. The summed E-state index contributed by atoms with van der Waals surface area (Å²) in [6.07, 6.45) is 8.80. The maximum absolute atomic E-state index is 12.4. The van der Waals surface area contributed by atoms with Gasteiger partial charge in [0.15, 0.2) is 11.5 Å². The molecule has 0 saturated heterocycles. The SMILES string of the molecule is CCCCCCCCC(=O)N/N=C/c1ccc(OC(=O)c2cccc(Br)c2)c(OC)c1. The highest BCUT2D eigenvalue weighted by Crippen LogP contribution is 2.28. The number of carbonyl (C=O) groups excluding carboxylic acids is 2. The number of carbonyl (C=O) groups is 2. The van der Waals surface area contributed by atoms with Gasteiger partial charge in [-0.2, -0.15) is 5.10 Å². The van der Waals surface area contributed by atoms with Gasteiger partial charge in [-0.15, -0.1) is 0 Å². The summed E-state index contributed by atoms with van der Waals surface area (Å²) in [5.74, 6) is 0.115. The molecule has 0 bridgehead atoms. The van der Waals surface area contributed by atoms with Crippen LogP contribution in [0.4, 0.5) is 0 Å². The predicted molar refractivity (Wildman–Crippen MR) is 126 cm³/mol. The van der Waals surface area contributed by atoms with Gasteiger partial charge in [-0.25, -0.2) is 10.2 Å². The molecule has 0 aliphatic heterocycles. The van der Waals surface area contributed by atoms with Crippen molar-refractivity contribution in [1.82, 2.24) is 5.43 Å². The van der Waals surface area contributed by atoms with Crippen molar-refractivity contribution in [2.24, 2.45) is 5.10 Å². The molecular weight excluding hydrogens is 460 g/mol. The number of nitrogens with zero attached hydrogens (tertiary/aromatic N) is 1. The summed E-state index contributed by atoms with van der Waals surface area (Å²) in [4.78, 5) is 24.2. The highest BCUT2D eigenvalue weighted by atomic mass is 79.9. The summed E-state index contributed by atoms with van der Waals surface area (Å²) >= 11 is 3.34. The highest BCUT2D eigenvalue weighted by molar-refractivity contribution is 9.10. The molecule has 0 radical (unpaired) electrons. The van der Waals surface area contributed by atoms with Gasteiger partial charge < -0.3 is 9.47 Å². The molecule has 0 heterocycles. The lowest BCUT2D eigenvalue weighted by atomic mass is 10.1. The van der Waals surface area contributed by atoms with Crippen molar-refractivity contribution in [2.75, 3.05) is 7.11 Å². The summed E-state index contributed by atoms with van der Waals surface area (Å²) in [5.41, 5.74) is 3.68. The smallest absolute Gasteiger partial charge is 0.343 e. The molecule has 2 aromatic rings. The minimum atomic E-state index is -0.483. The van der Waals surface area contributed by atoms with E-state index in [1.54, 1.807) is 36.4 Å². The van der Waals surface area contributed by atoms with Crippen LogP contribution in [0.25, 0.3) is 0 Å². The Morgan fingerprint density at radius 1 is 1.03 bits per heavy atom. The van der Waals surface area contributed by atoms with Crippen molar-refractivity contribution in [1.29, 1.82) is 0 Å². The number of nitrogens with one attached hydrogen (secondary N) is 1. The van der Waals surface area contributed by atoms with Gasteiger partial charge in [0, 0.05) is 10.9 Å². The van der Waals surface area contributed by atoms with Gasteiger partial charge in [-0.05, 0) is 48.4 Å². The topological polar surface area (TPSA) is 77.0 Å². The first kappa shape index (κ1) is 24.6. The minimum Gasteiger partial charge on any atom is -0.493 e. The molecule has 0 aliphatic rings. The lowest BCUT2D eigenvalue weighted by Gasteiger charge is -2.10. The zero-order valence-electron chi connectivity index (χ0n) is 18.0. The number of hydrogen-bond donors (Lipinski definition) is 1. The van der Waals surface area contributed by atoms with Crippen LogP contribution in [0.1, 0.15) is 67.8 Å². The van der Waals surface area contributed by atoms with Crippen molar-refractivity contribution in [3.63, 3.8) is 0 Å². The second-order valence-electron chi connectivity index (χ2n) is 7.12. The Balaban J connectivity index is 1.86. The summed E-state index contributed by atoms with van der Waals surface area (Å²) in [6.45, 7) is 2.19. The molecule has 7 heteroatoms. The Hall–Kier alpha value is -2.67. The third-order valence-electron chi connectivity index (χ3n) is 4.61. The van der Waals surface area contributed by atoms with Gasteiger partial charge >= 0.3 is 5.97 Å². The van der Waals surface area contributed by atoms with E-state index in [4.69, 9.17) is 9.47 Å². The average Bonchev–Trinajstić information content (AvgIpc) is 2.77. The van der Waals surface area contributed by atoms with Gasteiger partial charge in [-0.3, -0.25) is 4.79 Å². The fourth-order valence-electron chi connectivity index (χ4n) is 2.92. The quantitative estimate of drug-likeness (QED) is 0.133. The van der Waals surface area contributed by atoms with Crippen LogP contribution in [0.5, 0.6) is 11.5 Å². The molecule has 0 unspecified atom stereocenters. The van der Waals surface area contributed by atoms with Crippen LogP contribution >= 0.6 is 15.9 Å². The van der Waals surface area contributed by atoms with Crippen molar-refractivity contribution < 1.29 is 19.1 Å². The highest BCUT2D eigenvalue weighted by Gasteiger charge is 2.13. The molecule has 6 nitrogen and oxygen atoms in total. The summed E-state index contributed by atoms with van der Waals surface area (Å²) in [7, 11) is 1.50. The van der Waals surface area contributed by atoms with E-state index in [1.807, 2.05) is 6.07 Å². The van der Waals surface area contributed by atoms with Gasteiger partial charge in [0.05, 0.1) is 18.9 Å². The molecule has 0 saturated carbocycles. The number of esters is 1. The molecule has 2 rings (SSSR count). The van der Waals surface area contributed by atoms with Crippen LogP contribution in [-0.2, 0) is 4.79 Å². The number of hydrogen-bond acceptors (Lipinski definition) is 5. The van der Waals surface area contributed by atoms with E-state index < -0.39 is 5.97 Å². The molecule has 0 fully saturated rings. The lowest BCUT2D eigenvalue weighted by molar-refractivity contribution is -0.121. The van der Waals surface area contributed by atoms with Gasteiger partial charge in [0.2, 0.25) is 5.91 Å². The van der Waals surface area contributed by atoms with E-state index in [0.717, 1.165) is 17.3 Å². The van der Waals surface area contributed by atoms with E-state index in [-0.39, 0.29) is 5.91 Å². The molecule has 166 valence electrons. The van der Waals surface area contributed by atoms with Crippen molar-refractivity contribution >= 4 is 34.0 Å². The Labute approximate surface area is 192 Å². The number of amides is 1. The zero-order valence-corrected chi connectivity index (χ0v) is 19.6. The van der Waals surface area contributed by atoms with Crippen LogP contribution in [-0.4, -0.2) is 25.2 Å². The first-order chi connectivity index (χ1) is 15.0. The van der Waals surface area contributed by atoms with Crippen LogP contribution in [0.2, 0.25) is 0 Å². The van der Waals surface area contributed by atoms with Gasteiger partial charge in [0.1, 0.15) is 0 Å². The monoisotopic (exact) mass is 488 g/mol. The summed E-state index contributed by atoms with van der Waals surface area (Å²) < 4.78 is 11.6. The van der Waals surface area contributed by atoms with E-state index in [2.05, 4.69) is 33.4 Å². The van der Waals surface area contributed by atoms with Crippen molar-refractivity contribution in [2.45, 2.75) is 51.9 Å². The predicted octanol–water partition coefficient (Wildman–Crippen LogP) is 5.88. The van der Waals surface area contributed by atoms with Crippen LogP contribution in [0, 0.1) is 0 Å². The van der Waals surface area contributed by atoms with E-state index in [0.29, 0.717) is 29.0 Å². The number of ether oxygens (including phenoxy) is 2. The second-order valence-corrected chi connectivity index (χ2v) is 8.04. The Morgan fingerprint density at radius 2 is 1.81 bits per heavy atom. The van der Waals surface area contributed by atoms with E-state index in [1.165, 1.54) is 39.0 Å². The number of hydrazone groups is 1. The zero-order chi connectivity index (χ0) is 22.5. The number of methoxy groups -OCH3 is 1. The molecule has 2 aromatic carbocycles. The Bertz CT molecular complexity index is 899. The molecule has 0 aromatic heterocycles. The van der Waals surface area contributed by atoms with Gasteiger partial charge in [0.25, 0.3) is 0 Å². The van der Waals surface area contributed by atoms with E-state index in [9.17, 15) is 9.59 Å². The first-order valence-electron chi connectivity index (χ1n) is 10.5. The van der Waals surface area contributed by atoms with Crippen molar-refractivity contribution in [3.8, 4) is 11.5 Å². The largest absolute Gasteiger partial charge is 0.493 e. The van der Waals surface area contributed by atoms with Crippen LogP contribution < -0.4 is 14.9 Å². The normalized spacial score (nSPS) is 10.8. The lowest BCUT2D eigenvalue weighted by Crippen LogP contribution is -2.16. The molecule has 0 aliphatic carbocycles. The average molecular weight is 489 g/mol. The Morgan fingerprint density at radius 3 is 2.55 bits per heavy atom. The maximum Gasteiger partial charge on any atom is 0.343 e. The third kappa shape index (κ3) is 8.92. The summed E-state index contributed by atoms with van der Waals surface area (Å²) in [6, 6.07) is 12.0. The molecule has 31 heavy (non-hydrogen) atoms. The third-order valence-corrected chi connectivity index (χ3v) is 5.10. The molecule has 0 spiro atoms. The van der Waals surface area contributed by atoms with Crippen LogP contribution in [0.15, 0.2) is 52.0 Å². The molecular formula is C24H29BrN2O4. The molecule has 1 amide bonds. The standard InChI is InChI=1S/C24H29BrN2O4/c1-3-4-5-6-7-8-12-23(28)27-26-17-18-13-14-21(22(15-18)30-2)31-24(29)19-10-9-11-20(25)16-19/h9-11,13-17H,3-8,12H2,1-2H3,(H,27,28)/b26-17+.